The van der Waals surface area contributed by atoms with E-state index < -0.39 is 46.4 Å². The molecule has 36 heavy (non-hydrogen) atoms. The van der Waals surface area contributed by atoms with E-state index in [1.165, 1.54) is 24.3 Å². The van der Waals surface area contributed by atoms with E-state index in [1.807, 2.05) is 0 Å². The second kappa shape index (κ2) is 10.3. The minimum atomic E-state index is -0.947. The molecule has 0 heterocycles. The maximum atomic E-state index is 12.7. The molecule has 0 unspecified atom stereocenters. The zero-order chi connectivity index (χ0) is 26.6. The van der Waals surface area contributed by atoms with E-state index in [4.69, 9.17) is 0 Å². The quantitative estimate of drug-likeness (QED) is 0.218. The van der Waals surface area contributed by atoms with Gasteiger partial charge >= 0.3 is 11.9 Å². The van der Waals surface area contributed by atoms with Crippen LogP contribution in [0.2, 0.25) is 0 Å². The van der Waals surface area contributed by atoms with E-state index in [0.29, 0.717) is 0 Å². The average molecular weight is 496 g/mol. The van der Waals surface area contributed by atoms with E-state index in [-0.39, 0.29) is 34.0 Å². The number of ether oxygens (including phenoxy) is 2. The van der Waals surface area contributed by atoms with E-state index in [1.54, 1.807) is 0 Å². The monoisotopic (exact) mass is 496 g/mol. The number of benzene rings is 3. The number of hydrogen-bond donors (Lipinski definition) is 6. The Labute approximate surface area is 203 Å². The van der Waals surface area contributed by atoms with Gasteiger partial charge in [-0.3, -0.25) is 9.59 Å². The minimum absolute atomic E-state index is 0.0481. The molecule has 0 aliphatic heterocycles. The molecule has 0 saturated heterocycles. The molecule has 0 saturated carbocycles. The highest BCUT2D eigenvalue weighted by molar-refractivity contribution is 6.13. The number of nitrogens with one attached hydrogen (secondary N) is 2. The lowest BCUT2D eigenvalue weighted by Gasteiger charge is -2.14. The average Bonchev–Trinajstić information content (AvgIpc) is 2.86. The molecule has 6 N–H and O–H groups in total. The smallest absolute Gasteiger partial charge is 0.340 e. The van der Waals surface area contributed by atoms with Crippen molar-refractivity contribution in [1.29, 1.82) is 0 Å². The van der Waals surface area contributed by atoms with Crippen LogP contribution in [0.4, 0.5) is 11.4 Å². The summed E-state index contributed by atoms with van der Waals surface area (Å²) in [7, 11) is 2.22. The third-order valence-electron chi connectivity index (χ3n) is 4.92. The molecule has 0 aromatic heterocycles. The van der Waals surface area contributed by atoms with Crippen LogP contribution in [0, 0.1) is 0 Å². The highest BCUT2D eigenvalue weighted by atomic mass is 16.5. The van der Waals surface area contributed by atoms with Crippen LogP contribution in [0.3, 0.4) is 0 Å². The van der Waals surface area contributed by atoms with Gasteiger partial charge < -0.3 is 40.5 Å². The van der Waals surface area contributed by atoms with Crippen LogP contribution in [0.5, 0.6) is 23.0 Å². The fourth-order valence-corrected chi connectivity index (χ4v) is 3.16. The minimum Gasteiger partial charge on any atom is -0.508 e. The van der Waals surface area contributed by atoms with E-state index in [2.05, 4.69) is 20.1 Å². The molecule has 186 valence electrons. The van der Waals surface area contributed by atoms with Crippen LogP contribution in [0.1, 0.15) is 41.4 Å². The van der Waals surface area contributed by atoms with Crippen molar-refractivity contribution in [2.75, 3.05) is 24.9 Å². The number of methoxy groups -OCH3 is 2. The molecule has 0 bridgehead atoms. The Bertz CT molecular complexity index is 1280. The van der Waals surface area contributed by atoms with Crippen molar-refractivity contribution in [3.8, 4) is 23.0 Å². The summed E-state index contributed by atoms with van der Waals surface area (Å²) in [6.07, 6.45) is 0. The highest BCUT2D eigenvalue weighted by Crippen LogP contribution is 2.31. The first-order valence-electron chi connectivity index (χ1n) is 10.1. The fourth-order valence-electron chi connectivity index (χ4n) is 3.16. The van der Waals surface area contributed by atoms with Crippen molar-refractivity contribution in [3.05, 3.63) is 70.8 Å². The summed E-state index contributed by atoms with van der Waals surface area (Å²) in [5, 5.41) is 44.7. The van der Waals surface area contributed by atoms with Gasteiger partial charge in [0.25, 0.3) is 11.8 Å². The van der Waals surface area contributed by atoms with Crippen LogP contribution in [-0.2, 0) is 9.47 Å². The molecule has 3 aromatic rings. The Kier molecular flexibility index (Phi) is 7.29. The number of hydrogen-bond acceptors (Lipinski definition) is 10. The summed E-state index contributed by atoms with van der Waals surface area (Å²) in [5.41, 5.74) is -1.30. The molecule has 0 atom stereocenters. The molecule has 0 spiro atoms. The highest BCUT2D eigenvalue weighted by Gasteiger charge is 2.23. The number of carbonyl (C=O) groups excluding carboxylic acids is 4. The van der Waals surface area contributed by atoms with Crippen molar-refractivity contribution in [2.24, 2.45) is 0 Å². The standard InChI is InChI=1S/C24H20N2O10/c1-35-23(33)13-7-11(27)3-5-17(13)25-21(31)15-9-20(30)16(10-19(15)29)22(32)26-18-6-4-12(28)8-14(18)24(34)36-2/h3-10,27-30H,1-2H3,(H,25,31)(H,26,32). The Morgan fingerprint density at radius 2 is 0.944 bits per heavy atom. The van der Waals surface area contributed by atoms with E-state index in [9.17, 15) is 39.6 Å². The van der Waals surface area contributed by atoms with Crippen LogP contribution in [0.15, 0.2) is 48.5 Å². The topological polar surface area (TPSA) is 192 Å². The number of phenols is 4. The van der Waals surface area contributed by atoms with Gasteiger partial charge in [-0.05, 0) is 48.5 Å². The number of anilines is 2. The second-order valence-electron chi connectivity index (χ2n) is 7.24. The van der Waals surface area contributed by atoms with Gasteiger partial charge in [0.1, 0.15) is 23.0 Å². The zero-order valence-corrected chi connectivity index (χ0v) is 18.9. The van der Waals surface area contributed by atoms with Crippen LogP contribution >= 0.6 is 0 Å². The third-order valence-corrected chi connectivity index (χ3v) is 4.92. The van der Waals surface area contributed by atoms with Crippen LogP contribution < -0.4 is 10.6 Å². The third kappa shape index (κ3) is 5.28. The van der Waals surface area contributed by atoms with Crippen LogP contribution in [0.25, 0.3) is 0 Å². The lowest BCUT2D eigenvalue weighted by Crippen LogP contribution is -2.18. The predicted molar refractivity (Wildman–Crippen MR) is 125 cm³/mol. The molecule has 2 amide bonds. The lowest BCUT2D eigenvalue weighted by molar-refractivity contribution is 0.0592. The van der Waals surface area contributed by atoms with Crippen LogP contribution in [-0.4, -0.2) is 58.4 Å². The summed E-state index contributed by atoms with van der Waals surface area (Å²) < 4.78 is 9.22. The Morgan fingerprint density at radius 3 is 1.28 bits per heavy atom. The van der Waals surface area contributed by atoms with Gasteiger partial charge in [0.15, 0.2) is 0 Å². The van der Waals surface area contributed by atoms with Gasteiger partial charge in [0, 0.05) is 0 Å². The fraction of sp³-hybridized carbons (Fsp3) is 0.0833. The predicted octanol–water partition coefficient (Wildman–Crippen LogP) is 2.59. The Balaban J connectivity index is 1.88. The molecule has 12 nitrogen and oxygen atoms in total. The van der Waals surface area contributed by atoms with Gasteiger partial charge in [-0.15, -0.1) is 0 Å². The zero-order valence-electron chi connectivity index (χ0n) is 18.9. The summed E-state index contributed by atoms with van der Waals surface area (Å²) in [6.45, 7) is 0. The molecular formula is C24H20N2O10. The van der Waals surface area contributed by atoms with Crippen molar-refractivity contribution < 1.29 is 49.1 Å². The molecule has 3 aromatic carbocycles. The normalized spacial score (nSPS) is 10.3. The summed E-state index contributed by atoms with van der Waals surface area (Å²) >= 11 is 0. The second-order valence-corrected chi connectivity index (χ2v) is 7.24. The largest absolute Gasteiger partial charge is 0.508 e. The number of aromatic hydroxyl groups is 4. The van der Waals surface area contributed by atoms with Crippen molar-refractivity contribution in [1.82, 2.24) is 0 Å². The molecule has 3 rings (SSSR count). The molecule has 0 radical (unpaired) electrons. The summed E-state index contributed by atoms with van der Waals surface area (Å²) in [4.78, 5) is 49.3. The van der Waals surface area contributed by atoms with Gasteiger partial charge in [-0.2, -0.15) is 0 Å². The van der Waals surface area contributed by atoms with E-state index >= 15 is 0 Å². The lowest BCUT2D eigenvalue weighted by atomic mass is 10.1. The number of carbonyl (C=O) groups is 4. The number of phenolic OH excluding ortho intramolecular Hbond substituents is 4. The molecule has 0 aliphatic carbocycles. The molecule has 0 fully saturated rings. The molecular weight excluding hydrogens is 476 g/mol. The van der Waals surface area contributed by atoms with Gasteiger partial charge in [0.05, 0.1) is 47.8 Å². The van der Waals surface area contributed by atoms with Gasteiger partial charge in [-0.25, -0.2) is 9.59 Å². The maximum Gasteiger partial charge on any atom is 0.340 e. The molecule has 0 aliphatic rings. The van der Waals surface area contributed by atoms with Crippen molar-refractivity contribution >= 4 is 35.1 Å². The summed E-state index contributed by atoms with van der Waals surface area (Å²) in [6, 6.07) is 8.67. The first-order chi connectivity index (χ1) is 17.0. The van der Waals surface area contributed by atoms with Gasteiger partial charge in [-0.1, -0.05) is 0 Å². The Hall–Kier alpha value is -5.26. The number of amides is 2. The number of rotatable bonds is 6. The van der Waals surface area contributed by atoms with E-state index in [0.717, 1.165) is 38.5 Å². The first-order valence-corrected chi connectivity index (χ1v) is 10.1. The van der Waals surface area contributed by atoms with Crippen molar-refractivity contribution in [3.63, 3.8) is 0 Å². The van der Waals surface area contributed by atoms with Crippen molar-refractivity contribution in [2.45, 2.75) is 0 Å². The summed E-state index contributed by atoms with van der Waals surface area (Å²) in [5.74, 6) is -5.47. The first kappa shape index (κ1) is 25.4. The number of esters is 2. The molecule has 12 heteroatoms. The SMILES string of the molecule is COC(=O)c1cc(O)ccc1NC(=O)c1cc(O)c(C(=O)Nc2ccc(O)cc2C(=O)OC)cc1O. The van der Waals surface area contributed by atoms with Gasteiger partial charge in [0.2, 0.25) is 0 Å². The Morgan fingerprint density at radius 1 is 0.583 bits per heavy atom. The maximum absolute atomic E-state index is 12.7.